The molecule has 0 saturated heterocycles. The first-order valence-electron chi connectivity index (χ1n) is 5.08. The maximum absolute atomic E-state index is 9.97. The minimum absolute atomic E-state index is 0.307. The van der Waals surface area contributed by atoms with Gasteiger partial charge in [-0.3, -0.25) is 0 Å². The van der Waals surface area contributed by atoms with E-state index < -0.39 is 0 Å². The van der Waals surface area contributed by atoms with Crippen molar-refractivity contribution in [3.63, 3.8) is 0 Å². The number of rotatable bonds is 4. The summed E-state index contributed by atoms with van der Waals surface area (Å²) in [5.41, 5.74) is 0.954. The molecule has 2 unspecified atom stereocenters. The van der Waals surface area contributed by atoms with E-state index >= 15 is 0 Å². The van der Waals surface area contributed by atoms with Crippen molar-refractivity contribution in [3.05, 3.63) is 34.9 Å². The van der Waals surface area contributed by atoms with Gasteiger partial charge < -0.3 is 5.11 Å². The number of aliphatic hydroxyl groups is 1. The Morgan fingerprint density at radius 2 is 1.86 bits per heavy atom. The molecule has 0 fully saturated rings. The van der Waals surface area contributed by atoms with E-state index in [-0.39, 0.29) is 6.10 Å². The lowest BCUT2D eigenvalue weighted by Gasteiger charge is -2.18. The number of aliphatic hydroxyl groups excluding tert-OH is 1. The van der Waals surface area contributed by atoms with E-state index in [1.807, 2.05) is 24.3 Å². The number of halogens is 1. The molecule has 2 heteroatoms. The van der Waals surface area contributed by atoms with Crippen molar-refractivity contribution in [3.8, 4) is 0 Å². The van der Waals surface area contributed by atoms with Crippen molar-refractivity contribution >= 4 is 11.6 Å². The third-order valence-electron chi connectivity index (χ3n) is 2.49. The van der Waals surface area contributed by atoms with Crippen molar-refractivity contribution in [1.29, 1.82) is 0 Å². The van der Waals surface area contributed by atoms with Crippen LogP contribution in [0.2, 0.25) is 5.02 Å². The van der Waals surface area contributed by atoms with Gasteiger partial charge in [0.15, 0.2) is 0 Å². The van der Waals surface area contributed by atoms with Crippen molar-refractivity contribution < 1.29 is 5.11 Å². The van der Waals surface area contributed by atoms with Gasteiger partial charge in [-0.15, -0.1) is 0 Å². The van der Waals surface area contributed by atoms with Crippen LogP contribution in [-0.4, -0.2) is 5.11 Å². The zero-order chi connectivity index (χ0) is 10.6. The molecule has 1 aromatic rings. The van der Waals surface area contributed by atoms with Crippen molar-refractivity contribution in [2.75, 3.05) is 0 Å². The third kappa shape index (κ3) is 3.00. The first-order chi connectivity index (χ1) is 6.65. The van der Waals surface area contributed by atoms with Crippen LogP contribution >= 0.6 is 11.6 Å². The Morgan fingerprint density at radius 1 is 1.29 bits per heavy atom. The molecule has 1 rings (SSSR count). The van der Waals surface area contributed by atoms with Crippen LogP contribution in [0.5, 0.6) is 0 Å². The van der Waals surface area contributed by atoms with E-state index in [4.69, 9.17) is 11.6 Å². The summed E-state index contributed by atoms with van der Waals surface area (Å²) >= 11 is 5.78. The van der Waals surface area contributed by atoms with Crippen LogP contribution in [0.3, 0.4) is 0 Å². The minimum atomic E-state index is -0.368. The SMILES string of the molecule is CCCC(C)C(O)c1ccc(Cl)cc1. The highest BCUT2D eigenvalue weighted by atomic mass is 35.5. The van der Waals surface area contributed by atoms with Gasteiger partial charge in [0.05, 0.1) is 6.10 Å². The van der Waals surface area contributed by atoms with E-state index in [9.17, 15) is 5.11 Å². The van der Waals surface area contributed by atoms with E-state index in [2.05, 4.69) is 13.8 Å². The smallest absolute Gasteiger partial charge is 0.0815 e. The molecule has 14 heavy (non-hydrogen) atoms. The highest BCUT2D eigenvalue weighted by molar-refractivity contribution is 6.30. The fourth-order valence-corrected chi connectivity index (χ4v) is 1.73. The monoisotopic (exact) mass is 212 g/mol. The van der Waals surface area contributed by atoms with Gasteiger partial charge >= 0.3 is 0 Å². The van der Waals surface area contributed by atoms with Gasteiger partial charge in [-0.05, 0) is 30.0 Å². The van der Waals surface area contributed by atoms with Crippen LogP contribution in [-0.2, 0) is 0 Å². The lowest BCUT2D eigenvalue weighted by atomic mass is 9.94. The largest absolute Gasteiger partial charge is 0.388 e. The van der Waals surface area contributed by atoms with E-state index in [0.29, 0.717) is 10.9 Å². The lowest BCUT2D eigenvalue weighted by Crippen LogP contribution is -2.08. The topological polar surface area (TPSA) is 20.2 Å². The Labute approximate surface area is 90.7 Å². The second-order valence-electron chi connectivity index (χ2n) is 3.76. The zero-order valence-corrected chi connectivity index (χ0v) is 9.46. The molecule has 0 saturated carbocycles. The standard InChI is InChI=1S/C12H17ClO/c1-3-4-9(2)12(14)10-5-7-11(13)8-6-10/h5-9,12,14H,3-4H2,1-2H3. The van der Waals surface area contributed by atoms with Crippen LogP contribution in [0.1, 0.15) is 38.4 Å². The molecule has 1 aromatic carbocycles. The summed E-state index contributed by atoms with van der Waals surface area (Å²) in [4.78, 5) is 0. The molecule has 1 N–H and O–H groups in total. The van der Waals surface area contributed by atoms with E-state index in [1.54, 1.807) is 0 Å². The van der Waals surface area contributed by atoms with E-state index in [1.165, 1.54) is 0 Å². The molecule has 78 valence electrons. The maximum Gasteiger partial charge on any atom is 0.0815 e. The Hall–Kier alpha value is -0.530. The van der Waals surface area contributed by atoms with Crippen LogP contribution in [0, 0.1) is 5.92 Å². The molecule has 0 bridgehead atoms. The molecule has 0 amide bonds. The molecule has 0 radical (unpaired) electrons. The molecule has 0 aliphatic heterocycles. The van der Waals surface area contributed by atoms with Gasteiger partial charge in [-0.2, -0.15) is 0 Å². The van der Waals surface area contributed by atoms with Crippen LogP contribution in [0.15, 0.2) is 24.3 Å². The van der Waals surface area contributed by atoms with E-state index in [0.717, 1.165) is 18.4 Å². The first kappa shape index (κ1) is 11.5. The summed E-state index contributed by atoms with van der Waals surface area (Å²) in [5.74, 6) is 0.307. The van der Waals surface area contributed by atoms with Crippen molar-refractivity contribution in [2.45, 2.75) is 32.8 Å². The fraction of sp³-hybridized carbons (Fsp3) is 0.500. The molecule has 0 aliphatic rings. The van der Waals surface area contributed by atoms with Crippen molar-refractivity contribution in [2.24, 2.45) is 5.92 Å². The second kappa shape index (κ2) is 5.38. The number of hydrogen-bond acceptors (Lipinski definition) is 1. The van der Waals surface area contributed by atoms with Gasteiger partial charge in [0, 0.05) is 5.02 Å². The summed E-state index contributed by atoms with van der Waals surface area (Å²) in [6.45, 7) is 4.20. The highest BCUT2D eigenvalue weighted by Gasteiger charge is 2.14. The Kier molecular flexibility index (Phi) is 4.43. The van der Waals surface area contributed by atoms with Gasteiger partial charge in [-0.25, -0.2) is 0 Å². The number of benzene rings is 1. The summed E-state index contributed by atoms with van der Waals surface area (Å²) in [5, 5.41) is 10.7. The predicted molar refractivity (Wildman–Crippen MR) is 60.5 cm³/mol. The van der Waals surface area contributed by atoms with Gasteiger partial charge in [0.1, 0.15) is 0 Å². The van der Waals surface area contributed by atoms with Crippen molar-refractivity contribution in [1.82, 2.24) is 0 Å². The third-order valence-corrected chi connectivity index (χ3v) is 2.75. The molecule has 0 aliphatic carbocycles. The summed E-state index contributed by atoms with van der Waals surface area (Å²) < 4.78 is 0. The quantitative estimate of drug-likeness (QED) is 0.805. The second-order valence-corrected chi connectivity index (χ2v) is 4.20. The summed E-state index contributed by atoms with van der Waals surface area (Å²) in [6.07, 6.45) is 1.78. The Balaban J connectivity index is 2.68. The highest BCUT2D eigenvalue weighted by Crippen LogP contribution is 2.25. The molecule has 0 spiro atoms. The summed E-state index contributed by atoms with van der Waals surface area (Å²) in [6, 6.07) is 7.41. The lowest BCUT2D eigenvalue weighted by molar-refractivity contribution is 0.112. The molecule has 1 nitrogen and oxygen atoms in total. The fourth-order valence-electron chi connectivity index (χ4n) is 1.60. The minimum Gasteiger partial charge on any atom is -0.388 e. The molecular weight excluding hydrogens is 196 g/mol. The summed E-state index contributed by atoms with van der Waals surface area (Å²) in [7, 11) is 0. The Bertz CT molecular complexity index is 268. The predicted octanol–water partition coefficient (Wildman–Crippen LogP) is 3.81. The van der Waals surface area contributed by atoms with Gasteiger partial charge in [-0.1, -0.05) is 44.0 Å². The average Bonchev–Trinajstić information content (AvgIpc) is 2.18. The van der Waals surface area contributed by atoms with Crippen LogP contribution in [0.25, 0.3) is 0 Å². The van der Waals surface area contributed by atoms with Crippen LogP contribution < -0.4 is 0 Å². The van der Waals surface area contributed by atoms with Crippen LogP contribution in [0.4, 0.5) is 0 Å². The molecule has 2 atom stereocenters. The zero-order valence-electron chi connectivity index (χ0n) is 8.70. The normalized spacial score (nSPS) is 15.1. The average molecular weight is 213 g/mol. The Morgan fingerprint density at radius 3 is 2.36 bits per heavy atom. The molecule has 0 aromatic heterocycles. The molecule has 0 heterocycles. The maximum atomic E-state index is 9.97. The van der Waals surface area contributed by atoms with Gasteiger partial charge in [0.25, 0.3) is 0 Å². The molecular formula is C12H17ClO. The number of hydrogen-bond donors (Lipinski definition) is 1. The van der Waals surface area contributed by atoms with Gasteiger partial charge in [0.2, 0.25) is 0 Å². The first-order valence-corrected chi connectivity index (χ1v) is 5.46.